The lowest BCUT2D eigenvalue weighted by atomic mass is 9.81. The lowest BCUT2D eigenvalue weighted by Gasteiger charge is -2.38. The molecule has 2 aliphatic carbocycles. The second kappa shape index (κ2) is 34.2. The fourth-order valence-electron chi connectivity index (χ4n) is 15.4. The van der Waals surface area contributed by atoms with Crippen LogP contribution in [0.3, 0.4) is 0 Å². The van der Waals surface area contributed by atoms with Crippen molar-refractivity contribution in [2.24, 2.45) is 0 Å². The second-order valence-electron chi connectivity index (χ2n) is 29.9. The molecule has 0 N–H and O–H groups in total. The van der Waals surface area contributed by atoms with Gasteiger partial charge in [-0.3, -0.25) is 9.97 Å². The van der Waals surface area contributed by atoms with Crippen molar-refractivity contribution in [1.29, 1.82) is 0 Å². The van der Waals surface area contributed by atoms with Crippen LogP contribution in [-0.2, 0) is 21.4 Å². The number of hydrogen-bond acceptors (Lipinski definition) is 8. The summed E-state index contributed by atoms with van der Waals surface area (Å²) in [5, 5.41) is 2.37. The summed E-state index contributed by atoms with van der Waals surface area (Å²) >= 11 is 0. The van der Waals surface area contributed by atoms with Crippen LogP contribution >= 0.6 is 0 Å². The molecule has 1 spiro atoms. The molecule has 0 radical (unpaired) electrons. The molecule has 2 saturated carbocycles. The van der Waals surface area contributed by atoms with Crippen LogP contribution in [0.4, 0.5) is 27.9 Å². The Balaban J connectivity index is 0.000000135. The first kappa shape index (κ1) is 79.9. The van der Waals surface area contributed by atoms with Gasteiger partial charge in [-0.1, -0.05) is 145 Å². The van der Waals surface area contributed by atoms with Crippen molar-refractivity contribution in [2.75, 3.05) is 24.7 Å². The van der Waals surface area contributed by atoms with Crippen LogP contribution in [0.25, 0.3) is 72.0 Å². The molecule has 0 bridgehead atoms. The summed E-state index contributed by atoms with van der Waals surface area (Å²) in [6.07, 6.45) is 8.11. The topological polar surface area (TPSA) is 112 Å². The maximum absolute atomic E-state index is 13.3. The van der Waals surface area contributed by atoms with Gasteiger partial charge in [0.05, 0.1) is 29.8 Å². The third kappa shape index (κ3) is 17.8. The van der Waals surface area contributed by atoms with Crippen molar-refractivity contribution in [3.63, 3.8) is 0 Å². The van der Waals surface area contributed by atoms with Gasteiger partial charge in [0, 0.05) is 87.4 Å². The Morgan fingerprint density at radius 2 is 0.972 bits per heavy atom. The Kier molecular flexibility index (Phi) is 25.0. The summed E-state index contributed by atoms with van der Waals surface area (Å²) in [6, 6.07) is 58.2. The highest BCUT2D eigenvalue weighted by molar-refractivity contribution is 7.92. The average Bonchev–Trinajstić information content (AvgIpc) is 1.71. The molecule has 0 amide bonds. The minimum Gasteiger partial charge on any atom is -0.482 e. The molecule has 109 heavy (non-hydrogen) atoms. The molecule has 1 aliphatic heterocycles. The molecule has 3 aliphatic rings. The van der Waals surface area contributed by atoms with Crippen LogP contribution in [-0.4, -0.2) is 58.9 Å². The van der Waals surface area contributed by atoms with Gasteiger partial charge in [-0.2, -0.15) is 0 Å². The van der Waals surface area contributed by atoms with Crippen molar-refractivity contribution < 1.29 is 39.8 Å². The van der Waals surface area contributed by atoms with Crippen LogP contribution < -0.4 is 9.04 Å². The minimum atomic E-state index is -3.47. The van der Waals surface area contributed by atoms with E-state index in [2.05, 4.69) is 126 Å². The molecule has 0 unspecified atom stereocenters. The Bertz CT molecular complexity index is 5360. The summed E-state index contributed by atoms with van der Waals surface area (Å²) in [6.45, 7) is 27.9. The lowest BCUT2D eigenvalue weighted by Crippen LogP contribution is -2.37. The third-order valence-corrected chi connectivity index (χ3v) is 22.0. The quantitative estimate of drug-likeness (QED) is 0.0990. The number of halogens is 5. The maximum Gasteiger partial charge on any atom is 0.239 e. The summed E-state index contributed by atoms with van der Waals surface area (Å²) < 4.78 is 105. The number of fused-ring (bicyclic) bond motifs is 3. The first-order valence-electron chi connectivity index (χ1n) is 37.6. The third-order valence-electron chi connectivity index (χ3n) is 20.9. The number of anilines is 1. The molecule has 566 valence electrons. The number of hydrogen-bond donors (Lipinski definition) is 0. The number of nitrogens with zero attached hydrogens (tertiary/aromatic N) is 6. The number of aromatic nitrogens is 5. The van der Waals surface area contributed by atoms with Gasteiger partial charge < -0.3 is 14.0 Å². The van der Waals surface area contributed by atoms with Gasteiger partial charge in [0.1, 0.15) is 40.4 Å². The van der Waals surface area contributed by atoms with E-state index in [4.69, 9.17) is 19.4 Å². The van der Waals surface area contributed by atoms with Crippen molar-refractivity contribution in [1.82, 2.24) is 24.5 Å². The molecule has 4 aromatic heterocycles. The first-order valence-corrected chi connectivity index (χ1v) is 39.5. The SMILES string of the molecule is CC1=C(c2ccc(F)cc2)c2ccccc2OC12CCCC2.COCc1c(C(C)C)nc(C(C)C)c(C)c1-c1ccc(F)cc1.Cc1c(-c2ccc(F)cc2)c2ccccc2n1C(C)C.Cc1c(-c2ccc(F)cc2)nc(N(C)S(C)(=O)=O)nc1C(C)C.Cc1c(C2CC2)nc2ccccc2c1-c1ccc(F)cc1. The van der Waals surface area contributed by atoms with Gasteiger partial charge >= 0.3 is 0 Å². The summed E-state index contributed by atoms with van der Waals surface area (Å²) in [5.41, 5.74) is 24.5. The molecule has 16 heteroatoms. The van der Waals surface area contributed by atoms with E-state index in [-0.39, 0.29) is 46.6 Å². The van der Waals surface area contributed by atoms with Crippen LogP contribution in [0.2, 0.25) is 0 Å². The van der Waals surface area contributed by atoms with Crippen LogP contribution in [0, 0.1) is 56.8 Å². The predicted molar refractivity (Wildman–Crippen MR) is 435 cm³/mol. The molecule has 2 fully saturated rings. The van der Waals surface area contributed by atoms with Gasteiger partial charge in [-0.15, -0.1) is 0 Å². The van der Waals surface area contributed by atoms with Crippen molar-refractivity contribution in [3.05, 3.63) is 291 Å². The maximum atomic E-state index is 13.3. The van der Waals surface area contributed by atoms with Gasteiger partial charge in [0.25, 0.3) is 0 Å². The van der Waals surface area contributed by atoms with Crippen LogP contribution in [0.1, 0.15) is 192 Å². The first-order chi connectivity index (χ1) is 52.0. The Labute approximate surface area is 640 Å². The van der Waals surface area contributed by atoms with E-state index in [9.17, 15) is 30.4 Å². The van der Waals surface area contributed by atoms with E-state index in [1.165, 1.54) is 144 Å². The number of rotatable bonds is 14. The molecular weight excluding hydrogens is 1390 g/mol. The standard InChI is InChI=1S/C20H26FNO.C20H19FO.C19H16FN.C18H18FN.C16H20FN3O2S/c1-12(2)19-14(5)18(15-7-9-16(21)10-8-15)17(11-23-6)20(22-19)13(3)4;1-14-19(15-8-10-16(21)11-9-15)17-6-2-3-7-18(17)22-20(14)12-4-5-13-20;1-12-18(13-8-10-15(20)11-9-13)16-4-2-3-5-17(16)21-19(12)14-6-7-14;1-12(2)20-13(3)18(14-8-10-15(19)11-9-14)16-6-4-5-7-17(16)20;1-10(2)14-11(3)15(12-6-8-13(17)9-7-12)19-16(18-14)20(4)23(5,21)22/h7-10,12-13H,11H2,1-6H3;2-3,6-11H,4-5,12-13H2,1H3;2-5,8-11,14H,6-7H2,1H3;4-12H,1-3H3;6-10H,1-5H3. The van der Waals surface area contributed by atoms with Crippen molar-refractivity contribution >= 4 is 43.4 Å². The molecule has 8 aromatic carbocycles. The summed E-state index contributed by atoms with van der Waals surface area (Å²) in [7, 11) is -0.355. The molecule has 5 heterocycles. The Morgan fingerprint density at radius 1 is 0.514 bits per heavy atom. The number of methoxy groups -OCH3 is 1. The monoisotopic (exact) mass is 1490 g/mol. The zero-order chi connectivity index (χ0) is 78.3. The number of pyridine rings is 2. The Hall–Kier alpha value is -10.2. The van der Waals surface area contributed by atoms with Gasteiger partial charge in [0.2, 0.25) is 16.0 Å². The van der Waals surface area contributed by atoms with Gasteiger partial charge in [-0.05, 0) is 257 Å². The number of benzene rings is 8. The minimum absolute atomic E-state index is 0.101. The largest absolute Gasteiger partial charge is 0.482 e. The molecule has 10 nitrogen and oxygen atoms in total. The summed E-state index contributed by atoms with van der Waals surface area (Å²) in [5.74, 6) is 1.27. The molecule has 0 saturated heterocycles. The van der Waals surface area contributed by atoms with E-state index in [1.54, 1.807) is 19.2 Å². The van der Waals surface area contributed by atoms with E-state index in [1.807, 2.05) is 99.6 Å². The number of sulfonamides is 1. The van der Waals surface area contributed by atoms with Gasteiger partial charge in [0.15, 0.2) is 0 Å². The van der Waals surface area contributed by atoms with Crippen molar-refractivity contribution in [2.45, 2.75) is 170 Å². The van der Waals surface area contributed by atoms with Crippen LogP contribution in [0.5, 0.6) is 5.75 Å². The molecular formula is C93H99F5N6O4S. The summed E-state index contributed by atoms with van der Waals surface area (Å²) in [4.78, 5) is 18.6. The molecule has 0 atom stereocenters. The highest BCUT2D eigenvalue weighted by atomic mass is 32.2. The number of para-hydroxylation sites is 3. The fraction of sp³-hybridized carbons (Fsp3) is 0.312. The smallest absolute Gasteiger partial charge is 0.239 e. The molecule has 15 rings (SSSR count). The van der Waals surface area contributed by atoms with E-state index in [0.29, 0.717) is 36.1 Å². The van der Waals surface area contributed by atoms with Crippen LogP contribution in [0.15, 0.2) is 200 Å². The highest BCUT2D eigenvalue weighted by Gasteiger charge is 2.43. The molecule has 12 aromatic rings. The van der Waals surface area contributed by atoms with Gasteiger partial charge in [-0.25, -0.2) is 44.6 Å². The van der Waals surface area contributed by atoms with E-state index in [0.717, 1.165) is 113 Å². The highest BCUT2D eigenvalue weighted by Crippen LogP contribution is 2.51. The van der Waals surface area contributed by atoms with E-state index >= 15 is 0 Å². The zero-order valence-electron chi connectivity index (χ0n) is 65.4. The van der Waals surface area contributed by atoms with Crippen molar-refractivity contribution in [3.8, 4) is 50.4 Å². The van der Waals surface area contributed by atoms with E-state index < -0.39 is 10.0 Å². The second-order valence-corrected chi connectivity index (χ2v) is 31.9. The Morgan fingerprint density at radius 3 is 1.48 bits per heavy atom. The normalized spacial score (nSPS) is 13.7. The zero-order valence-corrected chi connectivity index (χ0v) is 66.2. The lowest BCUT2D eigenvalue weighted by molar-refractivity contribution is 0.111. The number of ether oxygens (including phenoxy) is 2. The fourth-order valence-corrected chi connectivity index (χ4v) is 15.7. The average molecular weight is 1490 g/mol. The predicted octanol–water partition coefficient (Wildman–Crippen LogP) is 24.6.